The van der Waals surface area contributed by atoms with Gasteiger partial charge in [-0.15, -0.1) is 0 Å². The van der Waals surface area contributed by atoms with Gasteiger partial charge in [0.1, 0.15) is 17.6 Å². The molecule has 0 radical (unpaired) electrons. The van der Waals surface area contributed by atoms with Crippen molar-refractivity contribution in [2.75, 3.05) is 7.11 Å². The topological polar surface area (TPSA) is 130 Å². The molecule has 0 amide bonds. The van der Waals surface area contributed by atoms with Crippen molar-refractivity contribution < 1.29 is 39.2 Å². The Hall–Kier alpha value is -2.97. The van der Waals surface area contributed by atoms with Crippen LogP contribution in [0.15, 0.2) is 30.4 Å². The number of phenols is 1. The van der Waals surface area contributed by atoms with E-state index in [1.54, 1.807) is 0 Å². The van der Waals surface area contributed by atoms with Crippen LogP contribution in [0.5, 0.6) is 11.5 Å². The molecule has 1 aliphatic rings. The number of carbonyl (C=O) groups excluding carboxylic acids is 3. The van der Waals surface area contributed by atoms with E-state index in [0.717, 1.165) is 12.2 Å². The van der Waals surface area contributed by atoms with Crippen molar-refractivity contribution >= 4 is 17.5 Å². The van der Waals surface area contributed by atoms with Gasteiger partial charge in [0, 0.05) is 5.56 Å². The molecular weight excluding hydrogens is 392 g/mol. The highest BCUT2D eigenvalue weighted by Crippen LogP contribution is 2.41. The van der Waals surface area contributed by atoms with Gasteiger partial charge in [-0.05, 0) is 52.0 Å². The zero-order valence-electron chi connectivity index (χ0n) is 17.6. The molecule has 0 fully saturated rings. The molecule has 0 aromatic heterocycles. The summed E-state index contributed by atoms with van der Waals surface area (Å²) in [5.41, 5.74) is -2.93. The molecule has 1 unspecified atom stereocenters. The van der Waals surface area contributed by atoms with Gasteiger partial charge in [0.2, 0.25) is 0 Å². The smallest absolute Gasteiger partial charge is 0.309 e. The standard InChI is InChI=1S/C22H26O8/c1-21(2,27)9-8-15(30-17(25)11-22(3,4)28)12-10-16(29-5)18-13(23)6-7-14(24)19(18)20(12)26/h6-10,15,26-28H,11H2,1-5H3/b9-8+. The number of esters is 1. The monoisotopic (exact) mass is 418 g/mol. The molecule has 0 aliphatic heterocycles. The first kappa shape index (κ1) is 23.3. The summed E-state index contributed by atoms with van der Waals surface area (Å²) >= 11 is 0. The van der Waals surface area contributed by atoms with E-state index in [0.29, 0.717) is 0 Å². The maximum atomic E-state index is 12.4. The maximum Gasteiger partial charge on any atom is 0.309 e. The lowest BCUT2D eigenvalue weighted by Crippen LogP contribution is -2.26. The third-order valence-corrected chi connectivity index (χ3v) is 4.21. The zero-order valence-corrected chi connectivity index (χ0v) is 17.6. The summed E-state index contributed by atoms with van der Waals surface area (Å²) in [6.45, 7) is 5.87. The molecule has 162 valence electrons. The minimum Gasteiger partial charge on any atom is -0.507 e. The number of benzene rings is 1. The Morgan fingerprint density at radius 3 is 2.17 bits per heavy atom. The second-order valence-electron chi connectivity index (χ2n) is 8.24. The fourth-order valence-corrected chi connectivity index (χ4v) is 2.91. The van der Waals surface area contributed by atoms with Gasteiger partial charge in [0.25, 0.3) is 0 Å². The first-order valence-corrected chi connectivity index (χ1v) is 9.27. The highest BCUT2D eigenvalue weighted by atomic mass is 16.5. The SMILES string of the molecule is COc1cc(C(/C=C/C(C)(C)O)OC(=O)CC(C)(C)O)c(O)c2c1C(=O)C=CC2=O. The quantitative estimate of drug-likeness (QED) is 0.455. The van der Waals surface area contributed by atoms with Crippen molar-refractivity contribution in [3.63, 3.8) is 0 Å². The highest BCUT2D eigenvalue weighted by Gasteiger charge is 2.32. The number of methoxy groups -OCH3 is 1. The fourth-order valence-electron chi connectivity index (χ4n) is 2.91. The number of hydrogen-bond donors (Lipinski definition) is 3. The molecule has 1 aromatic carbocycles. The first-order chi connectivity index (χ1) is 13.7. The van der Waals surface area contributed by atoms with Crippen LogP contribution >= 0.6 is 0 Å². The van der Waals surface area contributed by atoms with E-state index in [-0.39, 0.29) is 28.9 Å². The van der Waals surface area contributed by atoms with Crippen molar-refractivity contribution in [1.82, 2.24) is 0 Å². The summed E-state index contributed by atoms with van der Waals surface area (Å²) in [6, 6.07) is 1.30. The Kier molecular flexibility index (Phi) is 6.54. The maximum absolute atomic E-state index is 12.4. The van der Waals surface area contributed by atoms with Crippen LogP contribution in [0.4, 0.5) is 0 Å². The summed E-state index contributed by atoms with van der Waals surface area (Å²) in [5.74, 6) is -2.39. The lowest BCUT2D eigenvalue weighted by molar-refractivity contribution is -0.151. The molecule has 0 saturated carbocycles. The van der Waals surface area contributed by atoms with Gasteiger partial charge >= 0.3 is 5.97 Å². The number of rotatable bonds is 7. The number of aliphatic hydroxyl groups is 2. The Bertz CT molecular complexity index is 926. The van der Waals surface area contributed by atoms with Gasteiger partial charge in [0.05, 0.1) is 35.9 Å². The van der Waals surface area contributed by atoms with E-state index in [1.165, 1.54) is 53.0 Å². The normalized spacial score (nSPS) is 15.3. The summed E-state index contributed by atoms with van der Waals surface area (Å²) in [4.78, 5) is 36.9. The Balaban J connectivity index is 2.62. The van der Waals surface area contributed by atoms with Crippen molar-refractivity contribution in [2.45, 2.75) is 51.4 Å². The average Bonchev–Trinajstić information content (AvgIpc) is 2.59. The molecule has 1 aromatic rings. The van der Waals surface area contributed by atoms with Crippen LogP contribution in [0.2, 0.25) is 0 Å². The molecule has 1 aliphatic carbocycles. The molecular formula is C22H26O8. The summed E-state index contributed by atoms with van der Waals surface area (Å²) in [7, 11) is 1.30. The molecule has 1 atom stereocenters. The Labute approximate surface area is 174 Å². The summed E-state index contributed by atoms with van der Waals surface area (Å²) in [5, 5.41) is 30.7. The number of ether oxygens (including phenoxy) is 2. The molecule has 30 heavy (non-hydrogen) atoms. The van der Waals surface area contributed by atoms with E-state index in [2.05, 4.69) is 0 Å². The van der Waals surface area contributed by atoms with Crippen LogP contribution in [0.25, 0.3) is 0 Å². The van der Waals surface area contributed by atoms with Crippen LogP contribution in [0, 0.1) is 0 Å². The van der Waals surface area contributed by atoms with Gasteiger partial charge in [-0.25, -0.2) is 0 Å². The van der Waals surface area contributed by atoms with Crippen molar-refractivity contribution in [3.8, 4) is 11.5 Å². The lowest BCUT2D eigenvalue weighted by Gasteiger charge is -2.24. The second-order valence-corrected chi connectivity index (χ2v) is 8.24. The number of fused-ring (bicyclic) bond motifs is 1. The molecule has 2 rings (SSSR count). The van der Waals surface area contributed by atoms with Crippen LogP contribution < -0.4 is 4.74 Å². The minimum atomic E-state index is -1.33. The van der Waals surface area contributed by atoms with E-state index in [9.17, 15) is 29.7 Å². The number of ketones is 2. The number of allylic oxidation sites excluding steroid dienone is 2. The third-order valence-electron chi connectivity index (χ3n) is 4.21. The number of phenolic OH excluding ortho intramolecular Hbond substituents is 1. The highest BCUT2D eigenvalue weighted by molar-refractivity contribution is 6.24. The Morgan fingerprint density at radius 2 is 1.67 bits per heavy atom. The van der Waals surface area contributed by atoms with Gasteiger partial charge < -0.3 is 24.8 Å². The predicted molar refractivity (Wildman–Crippen MR) is 108 cm³/mol. The lowest BCUT2D eigenvalue weighted by atomic mass is 9.89. The van der Waals surface area contributed by atoms with Crippen LogP contribution in [0.3, 0.4) is 0 Å². The largest absolute Gasteiger partial charge is 0.507 e. The van der Waals surface area contributed by atoms with Crippen molar-refractivity contribution in [3.05, 3.63) is 47.1 Å². The summed E-state index contributed by atoms with van der Waals surface area (Å²) in [6.07, 6.45) is 3.26. The van der Waals surface area contributed by atoms with E-state index in [1.807, 2.05) is 0 Å². The Morgan fingerprint density at radius 1 is 1.10 bits per heavy atom. The van der Waals surface area contributed by atoms with Gasteiger partial charge in [-0.3, -0.25) is 14.4 Å². The molecule has 0 heterocycles. The van der Waals surface area contributed by atoms with E-state index >= 15 is 0 Å². The molecule has 3 N–H and O–H groups in total. The van der Waals surface area contributed by atoms with Crippen LogP contribution in [0.1, 0.15) is 66.5 Å². The van der Waals surface area contributed by atoms with E-state index < -0.39 is 40.6 Å². The average molecular weight is 418 g/mol. The van der Waals surface area contributed by atoms with Gasteiger partial charge in [-0.1, -0.05) is 6.08 Å². The van der Waals surface area contributed by atoms with Crippen molar-refractivity contribution in [1.29, 1.82) is 0 Å². The second kappa shape index (κ2) is 8.41. The van der Waals surface area contributed by atoms with E-state index in [4.69, 9.17) is 9.47 Å². The molecule has 8 nitrogen and oxygen atoms in total. The minimum absolute atomic E-state index is 0.00774. The first-order valence-electron chi connectivity index (χ1n) is 9.27. The predicted octanol–water partition coefficient (Wildman–Crippen LogP) is 2.41. The third kappa shape index (κ3) is 5.55. The summed E-state index contributed by atoms with van der Waals surface area (Å²) < 4.78 is 10.7. The van der Waals surface area contributed by atoms with Crippen LogP contribution in [-0.2, 0) is 9.53 Å². The molecule has 0 bridgehead atoms. The number of carbonyl (C=O) groups is 3. The van der Waals surface area contributed by atoms with Crippen molar-refractivity contribution in [2.24, 2.45) is 0 Å². The number of hydrogen-bond acceptors (Lipinski definition) is 8. The number of aromatic hydroxyl groups is 1. The molecule has 8 heteroatoms. The molecule has 0 saturated heterocycles. The molecule has 0 spiro atoms. The van der Waals surface area contributed by atoms with Gasteiger partial charge in [-0.2, -0.15) is 0 Å². The van der Waals surface area contributed by atoms with Crippen LogP contribution in [-0.4, -0.2) is 51.2 Å². The zero-order chi connectivity index (χ0) is 22.9. The van der Waals surface area contributed by atoms with Gasteiger partial charge in [0.15, 0.2) is 11.6 Å². The fraction of sp³-hybridized carbons (Fsp3) is 0.409.